The van der Waals surface area contributed by atoms with Gasteiger partial charge >= 0.3 is 0 Å². The lowest BCUT2D eigenvalue weighted by molar-refractivity contribution is 0.342. The van der Waals surface area contributed by atoms with Crippen molar-refractivity contribution in [3.8, 4) is 0 Å². The molecule has 0 aromatic rings. The van der Waals surface area contributed by atoms with Crippen LogP contribution in [-0.2, 0) is 0 Å². The highest BCUT2D eigenvalue weighted by molar-refractivity contribution is 5.53. The van der Waals surface area contributed by atoms with E-state index in [4.69, 9.17) is 0 Å². The molecule has 0 aliphatic rings. The average Bonchev–Trinajstić information content (AvgIpc) is 1.64. The summed E-state index contributed by atoms with van der Waals surface area (Å²) in [5, 5.41) is 0. The van der Waals surface area contributed by atoms with E-state index in [0.717, 1.165) is 0 Å². The standard InChI is InChI=1S/C8H17N/c1-6-9-7(2)8(3,4)5/h6-7H,1-5H3. The first-order chi connectivity index (χ1) is 3.98. The van der Waals surface area contributed by atoms with Crippen molar-refractivity contribution in [3.05, 3.63) is 0 Å². The monoisotopic (exact) mass is 127 g/mol. The Labute approximate surface area is 58.2 Å². The Bertz CT molecular complexity index is 97.6. The lowest BCUT2D eigenvalue weighted by atomic mass is 9.89. The van der Waals surface area contributed by atoms with Crippen LogP contribution in [0.5, 0.6) is 0 Å². The molecule has 0 aliphatic heterocycles. The first-order valence-corrected chi connectivity index (χ1v) is 3.46. The molecule has 0 aromatic carbocycles. The van der Waals surface area contributed by atoms with Crippen molar-refractivity contribution in [1.29, 1.82) is 0 Å². The predicted molar refractivity (Wildman–Crippen MR) is 43.1 cm³/mol. The van der Waals surface area contributed by atoms with E-state index in [1.165, 1.54) is 0 Å². The zero-order chi connectivity index (χ0) is 7.49. The zero-order valence-corrected chi connectivity index (χ0v) is 7.10. The number of rotatable bonds is 1. The molecule has 0 heterocycles. The van der Waals surface area contributed by atoms with Gasteiger partial charge in [-0.1, -0.05) is 20.8 Å². The van der Waals surface area contributed by atoms with Crippen LogP contribution in [-0.4, -0.2) is 12.3 Å². The molecule has 0 saturated carbocycles. The van der Waals surface area contributed by atoms with Crippen LogP contribution >= 0.6 is 0 Å². The first-order valence-electron chi connectivity index (χ1n) is 3.46. The molecule has 54 valence electrons. The minimum atomic E-state index is 0.312. The number of hydrogen-bond donors (Lipinski definition) is 0. The molecule has 0 aromatic heterocycles. The van der Waals surface area contributed by atoms with Crippen molar-refractivity contribution in [2.75, 3.05) is 0 Å². The van der Waals surface area contributed by atoms with Crippen LogP contribution in [0.15, 0.2) is 4.99 Å². The second-order valence-corrected chi connectivity index (χ2v) is 3.45. The molecule has 9 heavy (non-hydrogen) atoms. The molecule has 1 heteroatoms. The van der Waals surface area contributed by atoms with Crippen LogP contribution in [0.1, 0.15) is 34.6 Å². The molecule has 0 rings (SSSR count). The molecule has 0 radical (unpaired) electrons. The highest BCUT2D eigenvalue weighted by atomic mass is 14.8. The normalized spacial score (nSPS) is 16.6. The van der Waals surface area contributed by atoms with E-state index in [-0.39, 0.29) is 0 Å². The van der Waals surface area contributed by atoms with Gasteiger partial charge in [0.05, 0.1) is 6.04 Å². The second kappa shape index (κ2) is 3.00. The van der Waals surface area contributed by atoms with Gasteiger partial charge in [0.25, 0.3) is 0 Å². The molecule has 0 aliphatic carbocycles. The minimum absolute atomic E-state index is 0.312. The summed E-state index contributed by atoms with van der Waals surface area (Å²) >= 11 is 0. The zero-order valence-electron chi connectivity index (χ0n) is 7.10. The first kappa shape index (κ1) is 8.67. The van der Waals surface area contributed by atoms with E-state index >= 15 is 0 Å². The summed E-state index contributed by atoms with van der Waals surface area (Å²) in [6, 6.07) is 0.433. The smallest absolute Gasteiger partial charge is 0.0515 e. The fraction of sp³-hybridized carbons (Fsp3) is 0.875. The van der Waals surface area contributed by atoms with Crippen molar-refractivity contribution >= 4 is 6.21 Å². The van der Waals surface area contributed by atoms with Gasteiger partial charge in [0.1, 0.15) is 0 Å². The Hall–Kier alpha value is -0.330. The van der Waals surface area contributed by atoms with E-state index in [1.807, 2.05) is 13.1 Å². The van der Waals surface area contributed by atoms with Crippen LogP contribution in [0.25, 0.3) is 0 Å². The van der Waals surface area contributed by atoms with E-state index < -0.39 is 0 Å². The topological polar surface area (TPSA) is 12.4 Å². The molecule has 0 spiro atoms. The predicted octanol–water partition coefficient (Wildman–Crippen LogP) is 2.51. The average molecular weight is 127 g/mol. The molecule has 0 amide bonds. The summed E-state index contributed by atoms with van der Waals surface area (Å²) in [7, 11) is 0. The summed E-state index contributed by atoms with van der Waals surface area (Å²) in [4.78, 5) is 4.27. The third kappa shape index (κ3) is 3.28. The van der Waals surface area contributed by atoms with E-state index in [2.05, 4.69) is 32.7 Å². The quantitative estimate of drug-likeness (QED) is 0.480. The molecular formula is C8H17N. The number of aliphatic imine (C=N–C) groups is 1. The van der Waals surface area contributed by atoms with Crippen molar-refractivity contribution in [1.82, 2.24) is 0 Å². The van der Waals surface area contributed by atoms with Gasteiger partial charge in [-0.3, -0.25) is 4.99 Å². The summed E-state index contributed by atoms with van der Waals surface area (Å²) in [6.07, 6.45) is 1.87. The van der Waals surface area contributed by atoms with Gasteiger partial charge in [-0.2, -0.15) is 0 Å². The van der Waals surface area contributed by atoms with Crippen molar-refractivity contribution in [2.45, 2.75) is 40.7 Å². The van der Waals surface area contributed by atoms with Crippen LogP contribution in [0.2, 0.25) is 0 Å². The maximum Gasteiger partial charge on any atom is 0.0515 e. The third-order valence-corrected chi connectivity index (χ3v) is 1.63. The Balaban J connectivity index is 3.88. The van der Waals surface area contributed by atoms with Crippen molar-refractivity contribution < 1.29 is 0 Å². The Morgan fingerprint density at radius 3 is 1.89 bits per heavy atom. The van der Waals surface area contributed by atoms with Gasteiger partial charge in [0.15, 0.2) is 0 Å². The summed E-state index contributed by atoms with van der Waals surface area (Å²) in [5.74, 6) is 0. The Morgan fingerprint density at radius 1 is 1.33 bits per heavy atom. The maximum absolute atomic E-state index is 4.27. The second-order valence-electron chi connectivity index (χ2n) is 3.45. The van der Waals surface area contributed by atoms with Gasteiger partial charge in [-0.25, -0.2) is 0 Å². The molecule has 1 atom stereocenters. The molecule has 0 N–H and O–H groups in total. The van der Waals surface area contributed by atoms with Gasteiger partial charge < -0.3 is 0 Å². The lowest BCUT2D eigenvalue weighted by Crippen LogP contribution is -2.20. The van der Waals surface area contributed by atoms with Crippen molar-refractivity contribution in [2.24, 2.45) is 10.4 Å². The summed E-state index contributed by atoms with van der Waals surface area (Å²) < 4.78 is 0. The fourth-order valence-corrected chi connectivity index (χ4v) is 0.447. The summed E-state index contributed by atoms with van der Waals surface area (Å²) in [5.41, 5.74) is 0.312. The highest BCUT2D eigenvalue weighted by Crippen LogP contribution is 2.20. The van der Waals surface area contributed by atoms with Crippen LogP contribution in [0.3, 0.4) is 0 Å². The Morgan fingerprint density at radius 2 is 1.78 bits per heavy atom. The number of nitrogens with zero attached hydrogens (tertiary/aromatic N) is 1. The Kier molecular flexibility index (Phi) is 2.89. The van der Waals surface area contributed by atoms with Gasteiger partial charge in [0, 0.05) is 0 Å². The van der Waals surface area contributed by atoms with Crippen LogP contribution in [0.4, 0.5) is 0 Å². The molecule has 1 nitrogen and oxygen atoms in total. The van der Waals surface area contributed by atoms with E-state index in [0.29, 0.717) is 11.5 Å². The van der Waals surface area contributed by atoms with Gasteiger partial charge in [-0.05, 0) is 25.5 Å². The van der Waals surface area contributed by atoms with Crippen molar-refractivity contribution in [3.63, 3.8) is 0 Å². The minimum Gasteiger partial charge on any atom is -0.294 e. The fourth-order valence-electron chi connectivity index (χ4n) is 0.447. The highest BCUT2D eigenvalue weighted by Gasteiger charge is 2.17. The largest absolute Gasteiger partial charge is 0.294 e. The maximum atomic E-state index is 4.27. The number of hydrogen-bond acceptors (Lipinski definition) is 1. The SMILES string of the molecule is CC=NC(C)C(C)(C)C. The van der Waals surface area contributed by atoms with Crippen LogP contribution < -0.4 is 0 Å². The van der Waals surface area contributed by atoms with Crippen LogP contribution in [0, 0.1) is 5.41 Å². The van der Waals surface area contributed by atoms with Gasteiger partial charge in [-0.15, -0.1) is 0 Å². The molecule has 1 unspecified atom stereocenters. The lowest BCUT2D eigenvalue weighted by Gasteiger charge is -2.22. The summed E-state index contributed by atoms with van der Waals surface area (Å²) in [6.45, 7) is 10.7. The molecule has 0 fully saturated rings. The van der Waals surface area contributed by atoms with E-state index in [1.54, 1.807) is 0 Å². The molecule has 0 bridgehead atoms. The third-order valence-electron chi connectivity index (χ3n) is 1.63. The van der Waals surface area contributed by atoms with E-state index in [9.17, 15) is 0 Å². The molecular weight excluding hydrogens is 110 g/mol. The van der Waals surface area contributed by atoms with Gasteiger partial charge in [0.2, 0.25) is 0 Å². The molecule has 0 saturated heterocycles.